The molecule has 0 saturated heterocycles. The van der Waals surface area contributed by atoms with Gasteiger partial charge in [0.2, 0.25) is 0 Å². The van der Waals surface area contributed by atoms with Crippen molar-refractivity contribution in [1.82, 2.24) is 29.6 Å². The average Bonchev–Trinajstić information content (AvgIpc) is 3.30. The second-order valence-corrected chi connectivity index (χ2v) is 8.19. The van der Waals surface area contributed by atoms with E-state index in [-0.39, 0.29) is 12.3 Å². The topological polar surface area (TPSA) is 79.8 Å². The second-order valence-electron chi connectivity index (χ2n) is 7.34. The zero-order chi connectivity index (χ0) is 23.9. The van der Waals surface area contributed by atoms with Gasteiger partial charge in [-0.1, -0.05) is 22.0 Å². The zero-order valence-corrected chi connectivity index (χ0v) is 19.3. The summed E-state index contributed by atoms with van der Waals surface area (Å²) in [6, 6.07) is 11.4. The molecule has 0 N–H and O–H groups in total. The van der Waals surface area contributed by atoms with Crippen LogP contribution >= 0.6 is 15.9 Å². The highest BCUT2D eigenvalue weighted by Crippen LogP contribution is 2.33. The highest BCUT2D eigenvalue weighted by Gasteiger charge is 2.35. The number of nitrogens with zero attached hydrogens (tertiary/aromatic N) is 6. The lowest BCUT2D eigenvalue weighted by Gasteiger charge is -2.14. The lowest BCUT2D eigenvalue weighted by atomic mass is 10.1. The summed E-state index contributed by atoms with van der Waals surface area (Å²) in [5.41, 5.74) is 1.46. The highest BCUT2D eigenvalue weighted by molar-refractivity contribution is 9.10. The Bertz CT molecular complexity index is 1390. The third-order valence-corrected chi connectivity index (χ3v) is 5.80. The maximum Gasteiger partial charge on any atom is 0.433 e. The Morgan fingerprint density at radius 3 is 2.42 bits per heavy atom. The molecule has 0 atom stereocenters. The van der Waals surface area contributed by atoms with Crippen molar-refractivity contribution in [1.29, 1.82) is 0 Å². The maximum atomic E-state index is 13.1. The van der Waals surface area contributed by atoms with E-state index in [1.165, 1.54) is 18.8 Å². The molecule has 0 saturated carbocycles. The summed E-state index contributed by atoms with van der Waals surface area (Å²) in [6.45, 7) is 1.91. The predicted octanol–water partition coefficient (Wildman–Crippen LogP) is 4.04. The van der Waals surface area contributed by atoms with Gasteiger partial charge in [-0.15, -0.1) is 0 Å². The van der Waals surface area contributed by atoms with Gasteiger partial charge in [0.25, 0.3) is 0 Å². The van der Waals surface area contributed by atoms with Gasteiger partial charge in [0.15, 0.2) is 0 Å². The van der Waals surface area contributed by atoms with Crippen molar-refractivity contribution in [2.45, 2.75) is 19.7 Å². The molecular formula is C21H18BrF3N6O2. The van der Waals surface area contributed by atoms with Gasteiger partial charge in [-0.3, -0.25) is 4.68 Å². The standard InChI is InChI=1S/C21H18BrF3N6O2/c1-12-9-13(16-10-19(21(23,24)25)29(2)26-16)7-8-18(12)33-11-14-15(22)5-4-6-17(14)31-20(32)30(3)27-28-31/h4-10H,11H2,1-3H3. The van der Waals surface area contributed by atoms with Crippen LogP contribution in [0.1, 0.15) is 16.8 Å². The summed E-state index contributed by atoms with van der Waals surface area (Å²) in [5.74, 6) is 0.541. The van der Waals surface area contributed by atoms with Crippen molar-refractivity contribution < 1.29 is 17.9 Å². The van der Waals surface area contributed by atoms with Gasteiger partial charge in [0.1, 0.15) is 18.1 Å². The lowest BCUT2D eigenvalue weighted by molar-refractivity contribution is -0.143. The molecule has 4 aromatic rings. The summed E-state index contributed by atoms with van der Waals surface area (Å²) in [7, 11) is 2.76. The highest BCUT2D eigenvalue weighted by atomic mass is 79.9. The number of hydrogen-bond acceptors (Lipinski definition) is 5. The number of aryl methyl sites for hydroxylation is 3. The van der Waals surface area contributed by atoms with E-state index in [0.717, 1.165) is 25.5 Å². The number of halogens is 4. The lowest BCUT2D eigenvalue weighted by Crippen LogP contribution is -2.23. The Hall–Kier alpha value is -3.41. The van der Waals surface area contributed by atoms with Gasteiger partial charge in [-0.2, -0.15) is 27.6 Å². The van der Waals surface area contributed by atoms with Gasteiger partial charge < -0.3 is 4.74 Å². The Labute approximate surface area is 194 Å². The first-order chi connectivity index (χ1) is 15.6. The van der Waals surface area contributed by atoms with E-state index in [2.05, 4.69) is 31.5 Å². The minimum atomic E-state index is -4.48. The van der Waals surface area contributed by atoms with E-state index < -0.39 is 17.6 Å². The van der Waals surface area contributed by atoms with Gasteiger partial charge in [-0.25, -0.2) is 4.79 Å². The molecule has 0 bridgehead atoms. The van der Waals surface area contributed by atoms with Crippen LogP contribution in [0.15, 0.2) is 51.7 Å². The Kier molecular flexibility index (Phi) is 5.87. The molecular weight excluding hydrogens is 505 g/mol. The van der Waals surface area contributed by atoms with E-state index in [4.69, 9.17) is 4.74 Å². The average molecular weight is 523 g/mol. The van der Waals surface area contributed by atoms with Crippen LogP contribution in [0.5, 0.6) is 5.75 Å². The summed E-state index contributed by atoms with van der Waals surface area (Å²) in [4.78, 5) is 12.3. The molecule has 2 aromatic carbocycles. The number of hydrogen-bond donors (Lipinski definition) is 0. The molecule has 0 radical (unpaired) electrons. The van der Waals surface area contributed by atoms with Gasteiger partial charge in [-0.05, 0) is 59.3 Å². The van der Waals surface area contributed by atoms with E-state index >= 15 is 0 Å². The Morgan fingerprint density at radius 2 is 1.82 bits per heavy atom. The monoisotopic (exact) mass is 522 g/mol. The van der Waals surface area contributed by atoms with E-state index in [9.17, 15) is 18.0 Å². The van der Waals surface area contributed by atoms with Crippen LogP contribution in [0.2, 0.25) is 0 Å². The Morgan fingerprint density at radius 1 is 1.06 bits per heavy atom. The zero-order valence-electron chi connectivity index (χ0n) is 17.8. The van der Waals surface area contributed by atoms with Crippen LogP contribution in [0.25, 0.3) is 16.9 Å². The van der Waals surface area contributed by atoms with Gasteiger partial charge in [0.05, 0.1) is 11.4 Å². The molecule has 172 valence electrons. The first-order valence-corrected chi connectivity index (χ1v) is 10.5. The first kappa shape index (κ1) is 22.8. The van der Waals surface area contributed by atoms with Crippen LogP contribution in [-0.2, 0) is 26.9 Å². The van der Waals surface area contributed by atoms with Crippen molar-refractivity contribution in [2.24, 2.45) is 14.1 Å². The molecule has 0 aliphatic heterocycles. The van der Waals surface area contributed by atoms with Crippen LogP contribution in [0, 0.1) is 6.92 Å². The van der Waals surface area contributed by atoms with Crippen molar-refractivity contribution >= 4 is 15.9 Å². The van der Waals surface area contributed by atoms with E-state index in [0.29, 0.717) is 22.6 Å². The van der Waals surface area contributed by atoms with Gasteiger partial charge >= 0.3 is 11.9 Å². The van der Waals surface area contributed by atoms with E-state index in [1.54, 1.807) is 37.3 Å². The number of ether oxygens (including phenoxy) is 1. The molecule has 0 aliphatic carbocycles. The second kappa shape index (κ2) is 8.50. The molecule has 0 amide bonds. The molecule has 0 spiro atoms. The molecule has 2 aromatic heterocycles. The number of alkyl halides is 3. The van der Waals surface area contributed by atoms with Crippen molar-refractivity contribution in [2.75, 3.05) is 0 Å². The minimum Gasteiger partial charge on any atom is -0.489 e. The largest absolute Gasteiger partial charge is 0.489 e. The normalized spacial score (nSPS) is 11.7. The number of tetrazole rings is 1. The van der Waals surface area contributed by atoms with Crippen LogP contribution in [-0.4, -0.2) is 29.6 Å². The number of rotatable bonds is 5. The quantitative estimate of drug-likeness (QED) is 0.395. The maximum absolute atomic E-state index is 13.1. The summed E-state index contributed by atoms with van der Waals surface area (Å²) < 4.78 is 49.1. The Balaban J connectivity index is 1.60. The number of aromatic nitrogens is 6. The molecule has 8 nitrogen and oxygen atoms in total. The summed E-state index contributed by atoms with van der Waals surface area (Å²) in [6.07, 6.45) is -4.48. The number of benzene rings is 2. The molecule has 0 fully saturated rings. The summed E-state index contributed by atoms with van der Waals surface area (Å²) in [5, 5.41) is 11.6. The predicted molar refractivity (Wildman–Crippen MR) is 117 cm³/mol. The molecule has 2 heterocycles. The fourth-order valence-electron chi connectivity index (χ4n) is 3.35. The first-order valence-electron chi connectivity index (χ1n) is 9.68. The fraction of sp³-hybridized carbons (Fsp3) is 0.238. The van der Waals surface area contributed by atoms with E-state index in [1.807, 2.05) is 6.07 Å². The van der Waals surface area contributed by atoms with Crippen molar-refractivity contribution in [3.8, 4) is 22.7 Å². The van der Waals surface area contributed by atoms with Crippen LogP contribution in [0.3, 0.4) is 0 Å². The summed E-state index contributed by atoms with van der Waals surface area (Å²) >= 11 is 3.48. The molecule has 12 heteroatoms. The molecule has 0 unspecified atom stereocenters. The molecule has 4 rings (SSSR count). The third-order valence-electron chi connectivity index (χ3n) is 5.06. The SMILES string of the molecule is Cc1cc(-c2cc(C(F)(F)F)n(C)n2)ccc1OCc1c(Br)cccc1-n1nnn(C)c1=O. The van der Waals surface area contributed by atoms with Crippen LogP contribution in [0.4, 0.5) is 13.2 Å². The molecule has 33 heavy (non-hydrogen) atoms. The third kappa shape index (κ3) is 4.42. The smallest absolute Gasteiger partial charge is 0.433 e. The molecule has 0 aliphatic rings. The fourth-order valence-corrected chi connectivity index (χ4v) is 3.82. The van der Waals surface area contributed by atoms with Gasteiger partial charge in [0, 0.05) is 29.7 Å². The minimum absolute atomic E-state index is 0.113. The van der Waals surface area contributed by atoms with Crippen molar-refractivity contribution in [3.05, 3.63) is 74.2 Å². The van der Waals surface area contributed by atoms with Crippen molar-refractivity contribution in [3.63, 3.8) is 0 Å². The van der Waals surface area contributed by atoms with Crippen LogP contribution < -0.4 is 10.4 Å².